The van der Waals surface area contributed by atoms with Gasteiger partial charge in [-0.25, -0.2) is 4.90 Å². The molecule has 4 atom stereocenters. The molecule has 134 valence electrons. The first-order valence-corrected chi connectivity index (χ1v) is 7.97. The normalized spacial score (nSPS) is 31.4. The van der Waals surface area contributed by atoms with E-state index in [4.69, 9.17) is 9.47 Å². The second-order valence-electron chi connectivity index (χ2n) is 6.44. The summed E-state index contributed by atoms with van der Waals surface area (Å²) in [4.78, 5) is 48.6. The first kappa shape index (κ1) is 16.4. The fourth-order valence-electron chi connectivity index (χ4n) is 3.93. The summed E-state index contributed by atoms with van der Waals surface area (Å²) >= 11 is 0. The number of para-hydroxylation sites is 2. The van der Waals surface area contributed by atoms with Gasteiger partial charge in [0.2, 0.25) is 11.8 Å². The van der Waals surface area contributed by atoms with Gasteiger partial charge >= 0.3 is 5.97 Å². The quantitative estimate of drug-likeness (QED) is 0.259. The van der Waals surface area contributed by atoms with Gasteiger partial charge in [0.15, 0.2) is 0 Å². The number of amides is 2. The van der Waals surface area contributed by atoms with Crippen LogP contribution in [0.1, 0.15) is 6.92 Å². The lowest BCUT2D eigenvalue weighted by Crippen LogP contribution is -2.44. The van der Waals surface area contributed by atoms with Crippen molar-refractivity contribution >= 4 is 29.2 Å². The maximum absolute atomic E-state index is 13.0. The van der Waals surface area contributed by atoms with Crippen molar-refractivity contribution in [1.82, 2.24) is 0 Å². The number of imide groups is 1. The summed E-state index contributed by atoms with van der Waals surface area (Å²) in [7, 11) is 0. The molecule has 0 saturated carbocycles. The van der Waals surface area contributed by atoms with Gasteiger partial charge in [-0.3, -0.25) is 24.5 Å². The van der Waals surface area contributed by atoms with Crippen LogP contribution in [0.4, 0.5) is 11.4 Å². The van der Waals surface area contributed by atoms with Gasteiger partial charge in [0.05, 0.1) is 22.9 Å². The Morgan fingerprint density at radius 3 is 2.77 bits per heavy atom. The van der Waals surface area contributed by atoms with Gasteiger partial charge in [-0.1, -0.05) is 18.2 Å². The SMILES string of the molecule is CC(=O)OC[C@]12C=C[C@@H](O1)[C@H]1C(=O)N(c3ccccc3[N+](=O)[O-])C(=O)[C@@H]12. The molecule has 9 heteroatoms. The van der Waals surface area contributed by atoms with Gasteiger partial charge in [0, 0.05) is 13.0 Å². The molecule has 9 nitrogen and oxygen atoms in total. The third-order valence-electron chi connectivity index (χ3n) is 4.98. The van der Waals surface area contributed by atoms with Crippen LogP contribution < -0.4 is 4.90 Å². The fourth-order valence-corrected chi connectivity index (χ4v) is 3.93. The van der Waals surface area contributed by atoms with Crippen molar-refractivity contribution in [3.8, 4) is 0 Å². The predicted octanol–water partition coefficient (Wildman–Crippen LogP) is 0.971. The number of nitro benzene ring substituents is 1. The van der Waals surface area contributed by atoms with Crippen LogP contribution in [0.5, 0.6) is 0 Å². The molecule has 26 heavy (non-hydrogen) atoms. The molecule has 2 fully saturated rings. The number of fused-ring (bicyclic) bond motifs is 5. The van der Waals surface area contributed by atoms with Crippen LogP contribution in [0.3, 0.4) is 0 Å². The molecule has 3 aliphatic heterocycles. The average Bonchev–Trinajstić information content (AvgIpc) is 3.24. The summed E-state index contributed by atoms with van der Waals surface area (Å²) in [6, 6.07) is 5.59. The molecule has 0 spiro atoms. The number of ether oxygens (including phenoxy) is 2. The van der Waals surface area contributed by atoms with E-state index in [9.17, 15) is 24.5 Å². The highest BCUT2D eigenvalue weighted by atomic mass is 16.6. The number of hydrogen-bond donors (Lipinski definition) is 0. The number of anilines is 1. The molecule has 0 radical (unpaired) electrons. The Balaban J connectivity index is 1.74. The van der Waals surface area contributed by atoms with Gasteiger partial charge in [0.25, 0.3) is 5.69 Å². The second kappa shape index (κ2) is 5.46. The summed E-state index contributed by atoms with van der Waals surface area (Å²) in [5.74, 6) is -3.34. The number of hydrogen-bond acceptors (Lipinski definition) is 7. The number of rotatable bonds is 4. The third-order valence-corrected chi connectivity index (χ3v) is 4.98. The minimum Gasteiger partial charge on any atom is -0.462 e. The van der Waals surface area contributed by atoms with Gasteiger partial charge in [-0.15, -0.1) is 0 Å². The highest BCUT2D eigenvalue weighted by Gasteiger charge is 2.68. The van der Waals surface area contributed by atoms with Gasteiger partial charge in [-0.05, 0) is 12.1 Å². The number of nitro groups is 1. The van der Waals surface area contributed by atoms with E-state index in [1.54, 1.807) is 12.2 Å². The molecule has 3 aliphatic rings. The molecule has 2 saturated heterocycles. The van der Waals surface area contributed by atoms with Crippen molar-refractivity contribution in [2.75, 3.05) is 11.5 Å². The summed E-state index contributed by atoms with van der Waals surface area (Å²) in [5.41, 5.74) is -1.61. The van der Waals surface area contributed by atoms with Gasteiger partial charge in [0.1, 0.15) is 17.9 Å². The number of carbonyl (C=O) groups excluding carboxylic acids is 3. The maximum atomic E-state index is 13.0. The molecule has 2 bridgehead atoms. The fraction of sp³-hybridized carbons (Fsp3) is 0.353. The van der Waals surface area contributed by atoms with E-state index in [2.05, 4.69) is 0 Å². The maximum Gasteiger partial charge on any atom is 0.302 e. The van der Waals surface area contributed by atoms with Crippen LogP contribution in [-0.2, 0) is 23.9 Å². The molecule has 0 unspecified atom stereocenters. The average molecular weight is 358 g/mol. The summed E-state index contributed by atoms with van der Waals surface area (Å²) < 4.78 is 10.8. The Hall–Kier alpha value is -3.07. The first-order valence-electron chi connectivity index (χ1n) is 7.97. The molecular formula is C17H14N2O7. The molecule has 0 aliphatic carbocycles. The van der Waals surface area contributed by atoms with Crippen LogP contribution in [0.25, 0.3) is 0 Å². The van der Waals surface area contributed by atoms with Crippen molar-refractivity contribution in [2.24, 2.45) is 11.8 Å². The summed E-state index contributed by atoms with van der Waals surface area (Å²) in [6.45, 7) is 1.04. The lowest BCUT2D eigenvalue weighted by Gasteiger charge is -2.27. The minimum absolute atomic E-state index is 0.0658. The minimum atomic E-state index is -1.22. The monoisotopic (exact) mass is 358 g/mol. The lowest BCUT2D eigenvalue weighted by atomic mass is 9.77. The molecule has 0 aromatic heterocycles. The van der Waals surface area contributed by atoms with E-state index < -0.39 is 46.2 Å². The van der Waals surface area contributed by atoms with Crippen molar-refractivity contribution < 1.29 is 28.8 Å². The zero-order valence-corrected chi connectivity index (χ0v) is 13.7. The molecule has 3 heterocycles. The second-order valence-corrected chi connectivity index (χ2v) is 6.44. The zero-order valence-electron chi connectivity index (χ0n) is 13.7. The lowest BCUT2D eigenvalue weighted by molar-refractivity contribution is -0.384. The number of benzene rings is 1. The first-order chi connectivity index (χ1) is 12.4. The molecule has 0 N–H and O–H groups in total. The van der Waals surface area contributed by atoms with Gasteiger partial charge < -0.3 is 9.47 Å². The Labute approximate surface area is 147 Å². The highest BCUT2D eigenvalue weighted by molar-refractivity contribution is 6.24. The Morgan fingerprint density at radius 1 is 1.35 bits per heavy atom. The van der Waals surface area contributed by atoms with E-state index in [1.165, 1.54) is 31.2 Å². The van der Waals surface area contributed by atoms with Crippen molar-refractivity contribution in [3.05, 3.63) is 46.5 Å². The third kappa shape index (κ3) is 2.10. The predicted molar refractivity (Wildman–Crippen MR) is 85.9 cm³/mol. The van der Waals surface area contributed by atoms with E-state index in [0.717, 1.165) is 4.90 Å². The highest BCUT2D eigenvalue weighted by Crippen LogP contribution is 2.53. The zero-order chi connectivity index (χ0) is 18.6. The Kier molecular flexibility index (Phi) is 3.45. The molecule has 4 rings (SSSR count). The van der Waals surface area contributed by atoms with Crippen LogP contribution in [-0.4, -0.2) is 41.0 Å². The Bertz CT molecular complexity index is 880. The van der Waals surface area contributed by atoms with Crippen LogP contribution >= 0.6 is 0 Å². The van der Waals surface area contributed by atoms with E-state index >= 15 is 0 Å². The standard InChI is InChI=1S/C17H14N2O7/c1-9(20)25-8-17-7-6-12(26-17)13-14(17)16(22)18(15(13)21)10-4-2-3-5-11(10)19(23)24/h2-7,12-14H,8H2,1H3/t12-,13-,14-,17+/m1/s1. The van der Waals surface area contributed by atoms with Crippen LogP contribution in [0, 0.1) is 22.0 Å². The smallest absolute Gasteiger partial charge is 0.302 e. The largest absolute Gasteiger partial charge is 0.462 e. The van der Waals surface area contributed by atoms with Crippen molar-refractivity contribution in [1.29, 1.82) is 0 Å². The molecule has 1 aromatic carbocycles. The summed E-state index contributed by atoms with van der Waals surface area (Å²) in [5, 5.41) is 11.3. The number of esters is 1. The van der Waals surface area contributed by atoms with Crippen molar-refractivity contribution in [2.45, 2.75) is 18.6 Å². The molecular weight excluding hydrogens is 344 g/mol. The summed E-state index contributed by atoms with van der Waals surface area (Å²) in [6.07, 6.45) is 2.67. The topological polar surface area (TPSA) is 116 Å². The Morgan fingerprint density at radius 2 is 2.08 bits per heavy atom. The van der Waals surface area contributed by atoms with E-state index in [-0.39, 0.29) is 18.0 Å². The van der Waals surface area contributed by atoms with Crippen molar-refractivity contribution in [3.63, 3.8) is 0 Å². The van der Waals surface area contributed by atoms with Crippen LogP contribution in [0.2, 0.25) is 0 Å². The van der Waals surface area contributed by atoms with Gasteiger partial charge in [-0.2, -0.15) is 0 Å². The number of nitrogens with zero attached hydrogens (tertiary/aromatic N) is 2. The molecule has 1 aromatic rings. The van der Waals surface area contributed by atoms with E-state index in [0.29, 0.717) is 0 Å². The van der Waals surface area contributed by atoms with Crippen LogP contribution in [0.15, 0.2) is 36.4 Å². The molecule has 2 amide bonds. The van der Waals surface area contributed by atoms with E-state index in [1.807, 2.05) is 0 Å². The number of carbonyl (C=O) groups is 3.